The van der Waals surface area contributed by atoms with Gasteiger partial charge in [0.05, 0.1) is 10.8 Å². The van der Waals surface area contributed by atoms with Gasteiger partial charge in [0.25, 0.3) is 0 Å². The molecule has 1 saturated heterocycles. The molecule has 6 nitrogen and oxygen atoms in total. The first-order valence-electron chi connectivity index (χ1n) is 11.8. The van der Waals surface area contributed by atoms with Crippen LogP contribution in [0.25, 0.3) is 11.4 Å². The van der Waals surface area contributed by atoms with Gasteiger partial charge in [-0.25, -0.2) is 0 Å². The molecule has 1 fully saturated rings. The molecule has 34 heavy (non-hydrogen) atoms. The number of halogens is 1. The van der Waals surface area contributed by atoms with Crippen LogP contribution < -0.4 is 0 Å². The van der Waals surface area contributed by atoms with Crippen LogP contribution in [0.15, 0.2) is 59.8 Å². The predicted molar refractivity (Wildman–Crippen MR) is 137 cm³/mol. The third-order valence-electron chi connectivity index (χ3n) is 6.22. The Morgan fingerprint density at radius 2 is 1.82 bits per heavy atom. The van der Waals surface area contributed by atoms with E-state index < -0.39 is 0 Å². The molecule has 2 aromatic carbocycles. The Hall–Kier alpha value is -2.35. The third kappa shape index (κ3) is 6.40. The van der Waals surface area contributed by atoms with E-state index in [2.05, 4.69) is 40.5 Å². The molecule has 1 aliphatic heterocycles. The van der Waals surface area contributed by atoms with Crippen LogP contribution in [0.1, 0.15) is 24.8 Å². The summed E-state index contributed by atoms with van der Waals surface area (Å²) in [6.07, 6.45) is 4.01. The number of rotatable bonds is 10. The lowest BCUT2D eigenvalue weighted by molar-refractivity contribution is -0.129. The third-order valence-corrected chi connectivity index (χ3v) is 7.50. The average Bonchev–Trinajstić information content (AvgIpc) is 3.26. The average molecular weight is 499 g/mol. The minimum atomic E-state index is 0.161. The van der Waals surface area contributed by atoms with E-state index in [4.69, 9.17) is 16.3 Å². The second-order valence-corrected chi connectivity index (χ2v) is 9.94. The molecule has 180 valence electrons. The molecule has 0 spiro atoms. The Morgan fingerprint density at radius 3 is 2.56 bits per heavy atom. The molecule has 0 aliphatic carbocycles. The predicted octanol–water partition coefficient (Wildman–Crippen LogP) is 5.21. The summed E-state index contributed by atoms with van der Waals surface area (Å²) in [6, 6.07) is 18.2. The molecule has 1 amide bonds. The number of amides is 1. The van der Waals surface area contributed by atoms with Crippen LogP contribution in [-0.2, 0) is 22.5 Å². The van der Waals surface area contributed by atoms with Crippen molar-refractivity contribution in [2.75, 3.05) is 32.6 Å². The van der Waals surface area contributed by atoms with Gasteiger partial charge in [-0.2, -0.15) is 0 Å². The lowest BCUT2D eigenvalue weighted by Gasteiger charge is -2.32. The van der Waals surface area contributed by atoms with Crippen LogP contribution in [0.2, 0.25) is 5.02 Å². The second-order valence-electron chi connectivity index (χ2n) is 8.59. The minimum Gasteiger partial charge on any atom is -0.385 e. The van der Waals surface area contributed by atoms with Gasteiger partial charge in [-0.15, -0.1) is 10.2 Å². The number of likely N-dealkylation sites (tertiary alicyclic amines) is 1. The molecule has 0 atom stereocenters. The highest BCUT2D eigenvalue weighted by atomic mass is 35.5. The summed E-state index contributed by atoms with van der Waals surface area (Å²) >= 11 is 7.87. The van der Waals surface area contributed by atoms with E-state index in [0.717, 1.165) is 55.3 Å². The Kier molecular flexibility index (Phi) is 9.02. The Morgan fingerprint density at radius 1 is 1.09 bits per heavy atom. The van der Waals surface area contributed by atoms with Gasteiger partial charge in [0.2, 0.25) is 5.91 Å². The lowest BCUT2D eigenvalue weighted by atomic mass is 9.90. The zero-order valence-electron chi connectivity index (χ0n) is 19.5. The largest absolute Gasteiger partial charge is 0.385 e. The highest BCUT2D eigenvalue weighted by molar-refractivity contribution is 7.99. The number of ether oxygens (including phenoxy) is 1. The quantitative estimate of drug-likeness (QED) is 0.284. The van der Waals surface area contributed by atoms with Crippen molar-refractivity contribution >= 4 is 29.3 Å². The van der Waals surface area contributed by atoms with E-state index in [9.17, 15) is 4.79 Å². The van der Waals surface area contributed by atoms with Gasteiger partial charge in [-0.1, -0.05) is 65.8 Å². The summed E-state index contributed by atoms with van der Waals surface area (Å²) in [7, 11) is 1.69. The lowest BCUT2D eigenvalue weighted by Crippen LogP contribution is -2.39. The summed E-state index contributed by atoms with van der Waals surface area (Å²) in [5, 5.41) is 10.2. The molecule has 0 unspecified atom stereocenters. The Balaban J connectivity index is 1.35. The van der Waals surface area contributed by atoms with Gasteiger partial charge in [0, 0.05) is 38.9 Å². The van der Waals surface area contributed by atoms with Crippen LogP contribution >= 0.6 is 23.4 Å². The van der Waals surface area contributed by atoms with E-state index in [0.29, 0.717) is 29.8 Å². The van der Waals surface area contributed by atoms with Crippen molar-refractivity contribution in [3.63, 3.8) is 0 Å². The second kappa shape index (κ2) is 12.4. The highest BCUT2D eigenvalue weighted by Crippen LogP contribution is 2.30. The standard InChI is InChI=1S/C26H31ClN4O2S/c1-33-17-7-14-31-25(22-10-5-6-11-23(22)27)28-29-26(31)34-19-24(32)30-15-12-21(13-16-30)18-20-8-3-2-4-9-20/h2-6,8-11,21H,7,12-19H2,1H3. The zero-order valence-corrected chi connectivity index (χ0v) is 21.1. The van der Waals surface area contributed by atoms with Gasteiger partial charge >= 0.3 is 0 Å². The van der Waals surface area contributed by atoms with Crippen LogP contribution in [0.4, 0.5) is 0 Å². The number of methoxy groups -OCH3 is 1. The summed E-state index contributed by atoms with van der Waals surface area (Å²) in [5.74, 6) is 1.88. The van der Waals surface area contributed by atoms with Crippen molar-refractivity contribution in [1.29, 1.82) is 0 Å². The summed E-state index contributed by atoms with van der Waals surface area (Å²) < 4.78 is 7.27. The van der Waals surface area contributed by atoms with Crippen LogP contribution in [0, 0.1) is 5.92 Å². The van der Waals surface area contributed by atoms with Gasteiger partial charge in [-0.05, 0) is 49.3 Å². The normalized spacial score (nSPS) is 14.5. The summed E-state index contributed by atoms with van der Waals surface area (Å²) in [6.45, 7) is 2.98. The zero-order chi connectivity index (χ0) is 23.8. The number of piperidine rings is 1. The number of carbonyl (C=O) groups is 1. The van der Waals surface area contributed by atoms with Crippen molar-refractivity contribution in [2.24, 2.45) is 5.92 Å². The van der Waals surface area contributed by atoms with E-state index >= 15 is 0 Å². The SMILES string of the molecule is COCCCn1c(SCC(=O)N2CCC(Cc3ccccc3)CC2)nnc1-c1ccccc1Cl. The fraction of sp³-hybridized carbons (Fsp3) is 0.423. The van der Waals surface area contributed by atoms with Crippen molar-refractivity contribution in [3.8, 4) is 11.4 Å². The maximum absolute atomic E-state index is 12.9. The monoisotopic (exact) mass is 498 g/mol. The first kappa shape index (κ1) is 24.8. The molecule has 0 radical (unpaired) electrons. The number of thioether (sulfide) groups is 1. The van der Waals surface area contributed by atoms with E-state index in [1.807, 2.05) is 33.7 Å². The summed E-state index contributed by atoms with van der Waals surface area (Å²) in [5.41, 5.74) is 2.22. The molecule has 0 saturated carbocycles. The van der Waals surface area contributed by atoms with E-state index in [1.165, 1.54) is 17.3 Å². The molecule has 1 aliphatic rings. The van der Waals surface area contributed by atoms with Crippen molar-refractivity contribution in [2.45, 2.75) is 37.4 Å². The first-order valence-corrected chi connectivity index (χ1v) is 13.1. The molecular formula is C26H31ClN4O2S. The highest BCUT2D eigenvalue weighted by Gasteiger charge is 2.24. The first-order chi connectivity index (χ1) is 16.7. The van der Waals surface area contributed by atoms with Crippen molar-refractivity contribution in [1.82, 2.24) is 19.7 Å². The smallest absolute Gasteiger partial charge is 0.233 e. The topological polar surface area (TPSA) is 60.2 Å². The molecule has 2 heterocycles. The minimum absolute atomic E-state index is 0.161. The molecule has 0 N–H and O–H groups in total. The molecule has 8 heteroatoms. The van der Waals surface area contributed by atoms with Crippen LogP contribution in [0.3, 0.4) is 0 Å². The van der Waals surface area contributed by atoms with Gasteiger partial charge < -0.3 is 14.2 Å². The number of carbonyl (C=O) groups excluding carboxylic acids is 1. The fourth-order valence-electron chi connectivity index (χ4n) is 4.36. The number of hydrogen-bond acceptors (Lipinski definition) is 5. The molecule has 1 aromatic heterocycles. The van der Waals surface area contributed by atoms with E-state index in [-0.39, 0.29) is 5.91 Å². The van der Waals surface area contributed by atoms with Crippen molar-refractivity contribution < 1.29 is 9.53 Å². The molecular weight excluding hydrogens is 468 g/mol. The molecule has 0 bridgehead atoms. The van der Waals surface area contributed by atoms with Gasteiger partial charge in [0.15, 0.2) is 11.0 Å². The van der Waals surface area contributed by atoms with Crippen molar-refractivity contribution in [3.05, 3.63) is 65.2 Å². The molecule has 3 aromatic rings. The fourth-order valence-corrected chi connectivity index (χ4v) is 5.44. The number of aromatic nitrogens is 3. The number of nitrogens with zero attached hydrogens (tertiary/aromatic N) is 4. The number of benzene rings is 2. The van der Waals surface area contributed by atoms with Gasteiger partial charge in [-0.3, -0.25) is 4.79 Å². The maximum Gasteiger partial charge on any atom is 0.233 e. The Labute approximate surface area is 210 Å². The molecule has 4 rings (SSSR count). The van der Waals surface area contributed by atoms with Crippen LogP contribution in [-0.4, -0.2) is 58.1 Å². The summed E-state index contributed by atoms with van der Waals surface area (Å²) in [4.78, 5) is 14.9. The number of hydrogen-bond donors (Lipinski definition) is 0. The van der Waals surface area contributed by atoms with Gasteiger partial charge in [0.1, 0.15) is 0 Å². The Bertz CT molecular complexity index is 1070. The van der Waals surface area contributed by atoms with E-state index in [1.54, 1.807) is 7.11 Å². The van der Waals surface area contributed by atoms with Crippen LogP contribution in [0.5, 0.6) is 0 Å². The maximum atomic E-state index is 12.9.